The van der Waals surface area contributed by atoms with E-state index in [0.29, 0.717) is 6.07 Å². The van der Waals surface area contributed by atoms with Crippen molar-refractivity contribution in [3.63, 3.8) is 0 Å². The number of benzene rings is 2. The van der Waals surface area contributed by atoms with Crippen molar-refractivity contribution in [3.8, 4) is 5.75 Å². The lowest BCUT2D eigenvalue weighted by atomic mass is 10.1. The summed E-state index contributed by atoms with van der Waals surface area (Å²) in [6, 6.07) is 4.65. The van der Waals surface area contributed by atoms with Gasteiger partial charge < -0.3 is 15.9 Å². The van der Waals surface area contributed by atoms with E-state index in [1.807, 2.05) is 0 Å². The summed E-state index contributed by atoms with van der Waals surface area (Å²) >= 11 is 0. The largest absolute Gasteiger partial charge is 0.507 e. The van der Waals surface area contributed by atoms with Crippen LogP contribution < -0.4 is 5.73 Å². The number of nitrogens with zero attached hydrogens (tertiary/aromatic N) is 2. The topological polar surface area (TPSA) is 108 Å². The Hall–Kier alpha value is -2.87. The number of halogens is 2. The fourth-order valence-corrected chi connectivity index (χ4v) is 1.85. The van der Waals surface area contributed by atoms with E-state index < -0.39 is 29.4 Å². The quantitative estimate of drug-likeness (QED) is 0.744. The van der Waals surface area contributed by atoms with Gasteiger partial charge in [-0.2, -0.15) is 5.11 Å². The molecule has 0 bridgehead atoms. The molecule has 0 spiro atoms. The Labute approximate surface area is 129 Å². The fraction of sp³-hybridized carbons (Fsp3) is 0.133. The van der Waals surface area contributed by atoms with E-state index in [0.717, 1.165) is 18.2 Å². The van der Waals surface area contributed by atoms with Crippen molar-refractivity contribution < 1.29 is 23.8 Å². The molecule has 0 aliphatic heterocycles. The van der Waals surface area contributed by atoms with Crippen molar-refractivity contribution >= 4 is 17.3 Å². The molecule has 2 aromatic carbocycles. The van der Waals surface area contributed by atoms with Crippen molar-refractivity contribution in [1.82, 2.24) is 0 Å². The molecule has 0 heterocycles. The minimum Gasteiger partial charge on any atom is -0.507 e. The molecule has 0 saturated heterocycles. The van der Waals surface area contributed by atoms with Gasteiger partial charge in [-0.15, -0.1) is 5.11 Å². The van der Waals surface area contributed by atoms with Gasteiger partial charge in [-0.3, -0.25) is 0 Å². The van der Waals surface area contributed by atoms with E-state index in [9.17, 15) is 18.7 Å². The Kier molecular flexibility index (Phi) is 4.65. The van der Waals surface area contributed by atoms with E-state index in [1.165, 1.54) is 13.0 Å². The third-order valence-corrected chi connectivity index (χ3v) is 3.04. The Morgan fingerprint density at radius 2 is 1.87 bits per heavy atom. The van der Waals surface area contributed by atoms with Crippen molar-refractivity contribution in [2.24, 2.45) is 16.0 Å². The molecular weight excluding hydrogens is 308 g/mol. The Morgan fingerprint density at radius 3 is 2.48 bits per heavy atom. The summed E-state index contributed by atoms with van der Waals surface area (Å²) in [5, 5.41) is 25.6. The standard InChI is InChI=1S/C15H13F2N3O3/c1-7(18)9-5-13(12(17)6-11(9)16)20-19-8-2-3-14(21)10(4-8)15(22)23/h2-7,21H,18H2,1H3,(H,22,23)/t7-/m1/s1. The van der Waals surface area contributed by atoms with Crippen LogP contribution in [0, 0.1) is 11.6 Å². The molecule has 1 atom stereocenters. The maximum Gasteiger partial charge on any atom is 0.339 e. The number of aromatic carboxylic acids is 1. The van der Waals surface area contributed by atoms with Gasteiger partial charge in [0.05, 0.1) is 5.69 Å². The zero-order valence-electron chi connectivity index (χ0n) is 12.0. The van der Waals surface area contributed by atoms with Gasteiger partial charge in [-0.05, 0) is 31.2 Å². The first-order valence-corrected chi connectivity index (χ1v) is 6.52. The Morgan fingerprint density at radius 1 is 1.17 bits per heavy atom. The minimum atomic E-state index is -1.34. The SMILES string of the molecule is C[C@@H](N)c1cc(N=Nc2ccc(O)c(C(=O)O)c2)c(F)cc1F. The first kappa shape index (κ1) is 16.5. The lowest BCUT2D eigenvalue weighted by molar-refractivity contribution is 0.0693. The number of rotatable bonds is 4. The number of hydrogen-bond donors (Lipinski definition) is 3. The molecular formula is C15H13F2N3O3. The van der Waals surface area contributed by atoms with Crippen LogP contribution in [0.4, 0.5) is 20.2 Å². The highest BCUT2D eigenvalue weighted by Crippen LogP contribution is 2.28. The first-order valence-electron chi connectivity index (χ1n) is 6.52. The molecule has 6 nitrogen and oxygen atoms in total. The molecule has 8 heteroatoms. The highest BCUT2D eigenvalue weighted by molar-refractivity contribution is 5.91. The van der Waals surface area contributed by atoms with Gasteiger partial charge in [0.1, 0.15) is 22.8 Å². The predicted octanol–water partition coefficient (Wildman–Crippen LogP) is 3.80. The Bertz CT molecular complexity index is 792. The van der Waals surface area contributed by atoms with Crippen LogP contribution in [0.2, 0.25) is 0 Å². The summed E-state index contributed by atoms with van der Waals surface area (Å²) in [7, 11) is 0. The summed E-state index contributed by atoms with van der Waals surface area (Å²) in [5.41, 5.74) is 5.16. The monoisotopic (exact) mass is 321 g/mol. The molecule has 0 aliphatic carbocycles. The summed E-state index contributed by atoms with van der Waals surface area (Å²) < 4.78 is 27.2. The van der Waals surface area contributed by atoms with Gasteiger partial charge in [0.2, 0.25) is 0 Å². The summed E-state index contributed by atoms with van der Waals surface area (Å²) in [5.74, 6) is -3.47. The minimum absolute atomic E-state index is 0.0808. The molecule has 0 amide bonds. The van der Waals surface area contributed by atoms with E-state index >= 15 is 0 Å². The van der Waals surface area contributed by atoms with Crippen molar-refractivity contribution in [2.75, 3.05) is 0 Å². The van der Waals surface area contributed by atoms with E-state index in [2.05, 4.69) is 10.2 Å². The highest BCUT2D eigenvalue weighted by Gasteiger charge is 2.13. The van der Waals surface area contributed by atoms with Gasteiger partial charge in [-0.1, -0.05) is 0 Å². The zero-order chi connectivity index (χ0) is 17.1. The summed E-state index contributed by atoms with van der Waals surface area (Å²) in [4.78, 5) is 10.9. The van der Waals surface area contributed by atoms with Crippen LogP contribution in [-0.4, -0.2) is 16.2 Å². The van der Waals surface area contributed by atoms with Crippen molar-refractivity contribution in [3.05, 3.63) is 53.1 Å². The average molecular weight is 321 g/mol. The average Bonchev–Trinajstić information content (AvgIpc) is 2.47. The molecule has 0 aromatic heterocycles. The van der Waals surface area contributed by atoms with Crippen LogP contribution in [0.3, 0.4) is 0 Å². The molecule has 23 heavy (non-hydrogen) atoms. The molecule has 0 fully saturated rings. The number of carboxylic acid groups (broad SMARTS) is 1. The molecule has 0 aliphatic rings. The lowest BCUT2D eigenvalue weighted by Gasteiger charge is -2.08. The van der Waals surface area contributed by atoms with Gasteiger partial charge in [0.15, 0.2) is 5.82 Å². The fourth-order valence-electron chi connectivity index (χ4n) is 1.85. The Balaban J connectivity index is 2.39. The van der Waals surface area contributed by atoms with Crippen LogP contribution in [0.1, 0.15) is 28.9 Å². The maximum absolute atomic E-state index is 13.7. The molecule has 0 saturated carbocycles. The molecule has 120 valence electrons. The van der Waals surface area contributed by atoms with Gasteiger partial charge in [0, 0.05) is 17.7 Å². The lowest BCUT2D eigenvalue weighted by Crippen LogP contribution is -2.07. The molecule has 2 rings (SSSR count). The first-order chi connectivity index (χ1) is 10.8. The number of phenols is 1. The second-order valence-corrected chi connectivity index (χ2v) is 4.82. The van der Waals surface area contributed by atoms with Gasteiger partial charge in [-0.25, -0.2) is 13.6 Å². The predicted molar refractivity (Wildman–Crippen MR) is 78.2 cm³/mol. The van der Waals surface area contributed by atoms with E-state index in [-0.39, 0.29) is 22.5 Å². The summed E-state index contributed by atoms with van der Waals surface area (Å²) in [6.07, 6.45) is 0. The third kappa shape index (κ3) is 3.67. The van der Waals surface area contributed by atoms with Crippen LogP contribution in [0.25, 0.3) is 0 Å². The molecule has 0 radical (unpaired) electrons. The number of aromatic hydroxyl groups is 1. The number of carbonyl (C=O) groups is 1. The number of azo groups is 1. The smallest absolute Gasteiger partial charge is 0.339 e. The van der Waals surface area contributed by atoms with E-state index in [4.69, 9.17) is 10.8 Å². The van der Waals surface area contributed by atoms with Crippen LogP contribution in [-0.2, 0) is 0 Å². The van der Waals surface area contributed by atoms with Crippen molar-refractivity contribution in [2.45, 2.75) is 13.0 Å². The zero-order valence-corrected chi connectivity index (χ0v) is 12.0. The van der Waals surface area contributed by atoms with E-state index in [1.54, 1.807) is 0 Å². The number of nitrogens with two attached hydrogens (primary N) is 1. The van der Waals surface area contributed by atoms with Gasteiger partial charge in [0.25, 0.3) is 0 Å². The number of hydrogen-bond acceptors (Lipinski definition) is 5. The maximum atomic E-state index is 13.7. The van der Waals surface area contributed by atoms with Crippen LogP contribution >= 0.6 is 0 Å². The molecule has 2 aromatic rings. The normalized spacial score (nSPS) is 12.5. The molecule has 4 N–H and O–H groups in total. The van der Waals surface area contributed by atoms with Crippen molar-refractivity contribution in [1.29, 1.82) is 0 Å². The van der Waals surface area contributed by atoms with Crippen LogP contribution in [0.15, 0.2) is 40.6 Å². The highest BCUT2D eigenvalue weighted by atomic mass is 19.1. The number of carboxylic acids is 1. The molecule has 0 unspecified atom stereocenters. The summed E-state index contributed by atoms with van der Waals surface area (Å²) in [6.45, 7) is 1.54. The second-order valence-electron chi connectivity index (χ2n) is 4.82. The van der Waals surface area contributed by atoms with Crippen LogP contribution in [0.5, 0.6) is 5.75 Å². The van der Waals surface area contributed by atoms with Gasteiger partial charge >= 0.3 is 5.97 Å². The third-order valence-electron chi connectivity index (χ3n) is 3.04. The second kappa shape index (κ2) is 6.49.